The fourth-order valence-electron chi connectivity index (χ4n) is 3.80. The fourth-order valence-corrected chi connectivity index (χ4v) is 5.71. The summed E-state index contributed by atoms with van der Waals surface area (Å²) in [7, 11) is -3.73. The van der Waals surface area contributed by atoms with Crippen LogP contribution in [0.15, 0.2) is 42.5 Å². The molecule has 0 bridgehead atoms. The first-order valence-corrected chi connectivity index (χ1v) is 12.5. The van der Waals surface area contributed by atoms with Crippen LogP contribution in [0.5, 0.6) is 0 Å². The Balaban J connectivity index is 1.56. The molecule has 0 aromatic heterocycles. The minimum atomic E-state index is -3.73. The van der Waals surface area contributed by atoms with Crippen molar-refractivity contribution < 1.29 is 17.6 Å². The second kappa shape index (κ2) is 10.1. The number of hydrogen-bond acceptors (Lipinski definition) is 3. The molecule has 1 N–H and O–H groups in total. The van der Waals surface area contributed by atoms with E-state index in [1.165, 1.54) is 28.1 Å². The third-order valence-corrected chi connectivity index (χ3v) is 8.01. The highest BCUT2D eigenvalue weighted by atomic mass is 35.5. The van der Waals surface area contributed by atoms with Crippen molar-refractivity contribution >= 4 is 27.5 Å². The smallest absolute Gasteiger partial charge is 0.223 e. The monoisotopic (exact) mass is 466 g/mol. The lowest BCUT2D eigenvalue weighted by Crippen LogP contribution is -2.43. The summed E-state index contributed by atoms with van der Waals surface area (Å²) in [5.41, 5.74) is 2.26. The molecule has 5 nitrogen and oxygen atoms in total. The van der Waals surface area contributed by atoms with E-state index in [0.29, 0.717) is 12.8 Å². The molecule has 8 heteroatoms. The van der Waals surface area contributed by atoms with E-state index < -0.39 is 21.6 Å². The first-order valence-electron chi connectivity index (χ1n) is 10.5. The van der Waals surface area contributed by atoms with Crippen LogP contribution >= 0.6 is 11.6 Å². The van der Waals surface area contributed by atoms with E-state index in [0.717, 1.165) is 12.0 Å². The Hall–Kier alpha value is -1.96. The predicted molar refractivity (Wildman–Crippen MR) is 121 cm³/mol. The summed E-state index contributed by atoms with van der Waals surface area (Å²) in [6, 6.07) is 12.2. The number of amides is 1. The number of aryl methyl sites for hydroxylation is 1. The van der Waals surface area contributed by atoms with Gasteiger partial charge in [0.15, 0.2) is 0 Å². The number of piperidine rings is 1. The van der Waals surface area contributed by atoms with Crippen molar-refractivity contribution in [2.24, 2.45) is 5.92 Å². The molecule has 1 atom stereocenters. The average Bonchev–Trinajstić information content (AvgIpc) is 2.76. The molecule has 1 aliphatic heterocycles. The first kappa shape index (κ1) is 23.7. The van der Waals surface area contributed by atoms with Crippen molar-refractivity contribution in [1.29, 1.82) is 0 Å². The number of nitrogens with one attached hydrogen (secondary N) is 1. The Morgan fingerprint density at radius 3 is 2.42 bits per heavy atom. The molecule has 1 fully saturated rings. The van der Waals surface area contributed by atoms with Gasteiger partial charge in [0.2, 0.25) is 15.9 Å². The van der Waals surface area contributed by atoms with Crippen LogP contribution in [-0.4, -0.2) is 31.7 Å². The number of nitrogens with zero attached hydrogens (tertiary/aromatic N) is 1. The van der Waals surface area contributed by atoms with Gasteiger partial charge in [-0.3, -0.25) is 4.79 Å². The lowest BCUT2D eigenvalue weighted by Gasteiger charge is -2.31. The van der Waals surface area contributed by atoms with Gasteiger partial charge in [-0.15, -0.1) is 0 Å². The Morgan fingerprint density at radius 1 is 1.19 bits per heavy atom. The zero-order valence-electron chi connectivity index (χ0n) is 17.8. The van der Waals surface area contributed by atoms with Gasteiger partial charge < -0.3 is 5.32 Å². The number of hydrogen-bond donors (Lipinski definition) is 1. The largest absolute Gasteiger partial charge is 0.349 e. The molecule has 1 aliphatic rings. The van der Waals surface area contributed by atoms with Crippen molar-refractivity contribution in [3.8, 4) is 0 Å². The minimum absolute atomic E-state index is 0.0213. The fraction of sp³-hybridized carbons (Fsp3) is 0.435. The SMILES string of the molecule is CCc1ccc([C@H](C)NC(=O)C2CCN(S(=O)(=O)Cc3c(F)cccc3Cl)CC2)cc1. The Labute approximate surface area is 188 Å². The van der Waals surface area contributed by atoms with Crippen molar-refractivity contribution in [2.45, 2.75) is 44.9 Å². The van der Waals surface area contributed by atoms with Crippen molar-refractivity contribution in [1.82, 2.24) is 9.62 Å². The minimum Gasteiger partial charge on any atom is -0.349 e. The van der Waals surface area contributed by atoms with Gasteiger partial charge in [0.25, 0.3) is 0 Å². The molecule has 31 heavy (non-hydrogen) atoms. The standard InChI is InChI=1S/C23H28ClFN2O3S/c1-3-17-7-9-18(10-8-17)16(2)26-23(28)19-11-13-27(14-12-19)31(29,30)15-20-21(24)5-4-6-22(20)25/h4-10,16,19H,3,11-15H2,1-2H3,(H,26,28)/t16-/m0/s1. The molecule has 0 radical (unpaired) electrons. The maximum atomic E-state index is 14.0. The summed E-state index contributed by atoms with van der Waals surface area (Å²) in [4.78, 5) is 12.7. The van der Waals surface area contributed by atoms with Gasteiger partial charge in [0.1, 0.15) is 5.82 Å². The predicted octanol–water partition coefficient (Wildman–Crippen LogP) is 4.46. The highest BCUT2D eigenvalue weighted by Crippen LogP contribution is 2.26. The van der Waals surface area contributed by atoms with Crippen molar-refractivity contribution in [3.05, 3.63) is 70.0 Å². The topological polar surface area (TPSA) is 66.5 Å². The molecular weight excluding hydrogens is 439 g/mol. The van der Waals surface area contributed by atoms with E-state index in [4.69, 9.17) is 11.6 Å². The summed E-state index contributed by atoms with van der Waals surface area (Å²) in [6.45, 7) is 4.49. The van der Waals surface area contributed by atoms with Gasteiger partial charge in [0, 0.05) is 29.6 Å². The van der Waals surface area contributed by atoms with E-state index in [2.05, 4.69) is 24.4 Å². The zero-order chi connectivity index (χ0) is 22.6. The second-order valence-electron chi connectivity index (χ2n) is 7.96. The maximum Gasteiger partial charge on any atom is 0.223 e. The molecule has 3 rings (SSSR count). The summed E-state index contributed by atoms with van der Waals surface area (Å²) in [6.07, 6.45) is 1.82. The number of rotatable bonds is 7. The van der Waals surface area contributed by atoms with Gasteiger partial charge in [-0.25, -0.2) is 17.1 Å². The third kappa shape index (κ3) is 5.84. The van der Waals surface area contributed by atoms with Crippen molar-refractivity contribution in [2.75, 3.05) is 13.1 Å². The average molecular weight is 467 g/mol. The van der Waals surface area contributed by atoms with Crippen LogP contribution in [0.2, 0.25) is 5.02 Å². The van der Waals surface area contributed by atoms with E-state index in [1.807, 2.05) is 19.1 Å². The lowest BCUT2D eigenvalue weighted by molar-refractivity contribution is -0.126. The van der Waals surface area contributed by atoms with Gasteiger partial charge in [-0.1, -0.05) is 48.9 Å². The Kier molecular flexibility index (Phi) is 7.73. The summed E-state index contributed by atoms with van der Waals surface area (Å²) in [5, 5.41) is 3.13. The molecule has 2 aromatic carbocycles. The quantitative estimate of drug-likeness (QED) is 0.655. The van der Waals surface area contributed by atoms with Crippen LogP contribution in [0.4, 0.5) is 4.39 Å². The summed E-state index contributed by atoms with van der Waals surface area (Å²) >= 11 is 5.98. The molecule has 1 amide bonds. The Morgan fingerprint density at radius 2 is 1.84 bits per heavy atom. The van der Waals surface area contributed by atoms with E-state index >= 15 is 0 Å². The highest BCUT2D eigenvalue weighted by Gasteiger charge is 2.32. The van der Waals surface area contributed by atoms with Gasteiger partial charge >= 0.3 is 0 Å². The molecule has 168 valence electrons. The Bertz CT molecular complexity index is 999. The highest BCUT2D eigenvalue weighted by molar-refractivity contribution is 7.88. The zero-order valence-corrected chi connectivity index (χ0v) is 19.3. The van der Waals surface area contributed by atoms with Crippen LogP contribution in [0.3, 0.4) is 0 Å². The van der Waals surface area contributed by atoms with Crippen molar-refractivity contribution in [3.63, 3.8) is 0 Å². The van der Waals surface area contributed by atoms with Crippen LogP contribution in [0, 0.1) is 11.7 Å². The molecule has 1 heterocycles. The van der Waals surface area contributed by atoms with Gasteiger partial charge in [-0.2, -0.15) is 0 Å². The number of carbonyl (C=O) groups is 1. The summed E-state index contributed by atoms with van der Waals surface area (Å²) < 4.78 is 40.8. The molecule has 1 saturated heterocycles. The summed E-state index contributed by atoms with van der Waals surface area (Å²) in [5.74, 6) is -1.44. The molecular formula is C23H28ClFN2O3S. The number of benzene rings is 2. The van der Waals surface area contributed by atoms with Gasteiger partial charge in [0.05, 0.1) is 11.8 Å². The van der Waals surface area contributed by atoms with Crippen LogP contribution in [0.1, 0.15) is 49.4 Å². The van der Waals surface area contributed by atoms with E-state index in [9.17, 15) is 17.6 Å². The molecule has 0 spiro atoms. The van der Waals surface area contributed by atoms with Gasteiger partial charge in [-0.05, 0) is 49.4 Å². The lowest BCUT2D eigenvalue weighted by atomic mass is 9.96. The maximum absolute atomic E-state index is 14.0. The van der Waals surface area contributed by atoms with Crippen LogP contribution in [-0.2, 0) is 27.0 Å². The normalized spacial score (nSPS) is 16.8. The van der Waals surface area contributed by atoms with E-state index in [1.54, 1.807) is 0 Å². The number of sulfonamides is 1. The first-order chi connectivity index (χ1) is 14.7. The molecule has 0 aliphatic carbocycles. The second-order valence-corrected chi connectivity index (χ2v) is 10.3. The molecule has 0 unspecified atom stereocenters. The van der Waals surface area contributed by atoms with Crippen LogP contribution < -0.4 is 5.32 Å². The van der Waals surface area contributed by atoms with Crippen LogP contribution in [0.25, 0.3) is 0 Å². The van der Waals surface area contributed by atoms with E-state index in [-0.39, 0.29) is 41.5 Å². The number of carbonyl (C=O) groups excluding carboxylic acids is 1. The third-order valence-electron chi connectivity index (χ3n) is 5.85. The molecule has 2 aromatic rings. The molecule has 0 saturated carbocycles. The number of halogens is 2.